The van der Waals surface area contributed by atoms with E-state index >= 15 is 0 Å². The highest BCUT2D eigenvalue weighted by molar-refractivity contribution is 5.26. The standard InChI is InChI=1S/C14H20F4N2/c1-10(2)20(3)5-4-19-9-11-6-12(14(16,17)18)8-13(15)7-11/h6-8,10,19H,4-5,9H2,1-3H3. The van der Waals surface area contributed by atoms with Crippen LogP contribution < -0.4 is 5.32 Å². The third kappa shape index (κ3) is 5.46. The maximum Gasteiger partial charge on any atom is 0.416 e. The monoisotopic (exact) mass is 292 g/mol. The van der Waals surface area contributed by atoms with Crippen LogP contribution in [-0.2, 0) is 12.7 Å². The van der Waals surface area contributed by atoms with Crippen LogP contribution in [0.4, 0.5) is 17.6 Å². The molecule has 6 heteroatoms. The highest BCUT2D eigenvalue weighted by Crippen LogP contribution is 2.30. The zero-order valence-electron chi connectivity index (χ0n) is 11.9. The smallest absolute Gasteiger partial charge is 0.311 e. The average Bonchev–Trinajstić information content (AvgIpc) is 2.32. The van der Waals surface area contributed by atoms with Gasteiger partial charge in [-0.1, -0.05) is 0 Å². The molecule has 0 atom stereocenters. The highest BCUT2D eigenvalue weighted by atomic mass is 19.4. The van der Waals surface area contributed by atoms with Crippen LogP contribution in [0.5, 0.6) is 0 Å². The van der Waals surface area contributed by atoms with Gasteiger partial charge in [0.25, 0.3) is 0 Å². The van der Waals surface area contributed by atoms with Crippen LogP contribution in [0.2, 0.25) is 0 Å². The lowest BCUT2D eigenvalue weighted by molar-refractivity contribution is -0.137. The van der Waals surface area contributed by atoms with E-state index in [0.29, 0.717) is 24.2 Å². The summed E-state index contributed by atoms with van der Waals surface area (Å²) >= 11 is 0. The molecule has 1 aromatic rings. The molecule has 0 heterocycles. The Hall–Kier alpha value is -1.14. The van der Waals surface area contributed by atoms with E-state index in [4.69, 9.17) is 0 Å². The van der Waals surface area contributed by atoms with Crippen molar-refractivity contribution in [3.8, 4) is 0 Å². The van der Waals surface area contributed by atoms with Gasteiger partial charge in [-0.05, 0) is 44.7 Å². The van der Waals surface area contributed by atoms with Gasteiger partial charge < -0.3 is 10.2 Å². The third-order valence-corrected chi connectivity index (χ3v) is 3.14. The Kier molecular flexibility index (Phi) is 5.95. The van der Waals surface area contributed by atoms with Gasteiger partial charge in [0.05, 0.1) is 5.56 Å². The Balaban J connectivity index is 2.54. The molecule has 1 aromatic carbocycles. The zero-order chi connectivity index (χ0) is 15.3. The molecule has 0 saturated carbocycles. The summed E-state index contributed by atoms with van der Waals surface area (Å²) in [4.78, 5) is 2.11. The maximum atomic E-state index is 13.2. The second kappa shape index (κ2) is 7.04. The third-order valence-electron chi connectivity index (χ3n) is 3.14. The van der Waals surface area contributed by atoms with Crippen molar-refractivity contribution >= 4 is 0 Å². The number of nitrogens with zero attached hydrogens (tertiary/aromatic N) is 1. The molecule has 1 rings (SSSR count). The number of likely N-dealkylation sites (N-methyl/N-ethyl adjacent to an activating group) is 1. The Labute approximate surface area is 116 Å². The summed E-state index contributed by atoms with van der Waals surface area (Å²) < 4.78 is 50.8. The second-order valence-electron chi connectivity index (χ2n) is 5.10. The Morgan fingerprint density at radius 3 is 2.40 bits per heavy atom. The second-order valence-corrected chi connectivity index (χ2v) is 5.10. The topological polar surface area (TPSA) is 15.3 Å². The number of nitrogens with one attached hydrogen (secondary N) is 1. The van der Waals surface area contributed by atoms with E-state index in [9.17, 15) is 17.6 Å². The molecule has 2 nitrogen and oxygen atoms in total. The van der Waals surface area contributed by atoms with Crippen LogP contribution in [-0.4, -0.2) is 31.1 Å². The van der Waals surface area contributed by atoms with Crippen molar-refractivity contribution in [2.24, 2.45) is 0 Å². The average molecular weight is 292 g/mol. The van der Waals surface area contributed by atoms with Gasteiger partial charge in [-0.3, -0.25) is 0 Å². The van der Waals surface area contributed by atoms with Gasteiger partial charge in [-0.15, -0.1) is 0 Å². The van der Waals surface area contributed by atoms with Crippen LogP contribution in [0.1, 0.15) is 25.0 Å². The predicted octanol–water partition coefficient (Wildman–Crippen LogP) is 3.27. The van der Waals surface area contributed by atoms with E-state index < -0.39 is 17.6 Å². The molecule has 0 bridgehead atoms. The summed E-state index contributed by atoms with van der Waals surface area (Å²) in [5.74, 6) is -0.865. The minimum Gasteiger partial charge on any atom is -0.311 e. The molecular weight excluding hydrogens is 272 g/mol. The summed E-state index contributed by atoms with van der Waals surface area (Å²) in [6, 6.07) is 3.01. The SMILES string of the molecule is CC(C)N(C)CCNCc1cc(F)cc(C(F)(F)F)c1. The molecular formula is C14H20F4N2. The predicted molar refractivity (Wildman–Crippen MR) is 70.9 cm³/mol. The fourth-order valence-corrected chi connectivity index (χ4v) is 1.66. The Morgan fingerprint density at radius 1 is 1.20 bits per heavy atom. The van der Waals surface area contributed by atoms with Gasteiger partial charge in [-0.25, -0.2) is 4.39 Å². The highest BCUT2D eigenvalue weighted by Gasteiger charge is 2.31. The lowest BCUT2D eigenvalue weighted by Crippen LogP contribution is -2.33. The molecule has 20 heavy (non-hydrogen) atoms. The molecule has 0 amide bonds. The summed E-state index contributed by atoms with van der Waals surface area (Å²) in [5.41, 5.74) is -0.655. The fourth-order valence-electron chi connectivity index (χ4n) is 1.66. The lowest BCUT2D eigenvalue weighted by atomic mass is 10.1. The van der Waals surface area contributed by atoms with Crippen molar-refractivity contribution < 1.29 is 17.6 Å². The molecule has 0 aliphatic rings. The van der Waals surface area contributed by atoms with Gasteiger partial charge >= 0.3 is 6.18 Å². The van der Waals surface area contributed by atoms with E-state index in [1.807, 2.05) is 7.05 Å². The van der Waals surface area contributed by atoms with E-state index in [-0.39, 0.29) is 6.54 Å². The number of alkyl halides is 3. The number of rotatable bonds is 6. The van der Waals surface area contributed by atoms with Crippen LogP contribution in [0, 0.1) is 5.82 Å². The number of halogens is 4. The van der Waals surface area contributed by atoms with Gasteiger partial charge in [0.2, 0.25) is 0 Å². The number of benzene rings is 1. The maximum absolute atomic E-state index is 13.2. The summed E-state index contributed by atoms with van der Waals surface area (Å²) in [7, 11) is 1.97. The van der Waals surface area contributed by atoms with Crippen molar-refractivity contribution in [3.05, 3.63) is 35.1 Å². The van der Waals surface area contributed by atoms with Gasteiger partial charge in [0, 0.05) is 25.7 Å². The fraction of sp³-hybridized carbons (Fsp3) is 0.571. The first-order valence-corrected chi connectivity index (χ1v) is 6.47. The van der Waals surface area contributed by atoms with E-state index in [0.717, 1.165) is 18.7 Å². The summed E-state index contributed by atoms with van der Waals surface area (Å²) in [5, 5.41) is 3.02. The van der Waals surface area contributed by atoms with Crippen LogP contribution >= 0.6 is 0 Å². The normalized spacial score (nSPS) is 12.4. The molecule has 114 valence electrons. The lowest BCUT2D eigenvalue weighted by Gasteiger charge is -2.21. The van der Waals surface area contributed by atoms with Gasteiger partial charge in [0.1, 0.15) is 5.82 Å². The molecule has 1 N–H and O–H groups in total. The first-order valence-electron chi connectivity index (χ1n) is 6.47. The molecule has 0 unspecified atom stereocenters. The van der Waals surface area contributed by atoms with Crippen LogP contribution in [0.15, 0.2) is 18.2 Å². The molecule has 0 radical (unpaired) electrons. The van der Waals surface area contributed by atoms with Crippen molar-refractivity contribution in [3.63, 3.8) is 0 Å². The van der Waals surface area contributed by atoms with Gasteiger partial charge in [-0.2, -0.15) is 13.2 Å². The molecule has 0 saturated heterocycles. The van der Waals surface area contributed by atoms with Crippen molar-refractivity contribution in [2.45, 2.75) is 32.6 Å². The van der Waals surface area contributed by atoms with E-state index in [1.165, 1.54) is 0 Å². The Bertz CT molecular complexity index is 430. The van der Waals surface area contributed by atoms with E-state index in [1.54, 1.807) is 0 Å². The van der Waals surface area contributed by atoms with Crippen LogP contribution in [0.25, 0.3) is 0 Å². The molecule has 0 spiro atoms. The molecule has 0 fully saturated rings. The van der Waals surface area contributed by atoms with Crippen molar-refractivity contribution in [1.29, 1.82) is 0 Å². The van der Waals surface area contributed by atoms with Crippen LogP contribution in [0.3, 0.4) is 0 Å². The minimum atomic E-state index is -4.52. The minimum absolute atomic E-state index is 0.215. The van der Waals surface area contributed by atoms with Gasteiger partial charge in [0.15, 0.2) is 0 Å². The summed E-state index contributed by atoms with van der Waals surface area (Å²) in [6.07, 6.45) is -4.52. The first-order chi connectivity index (χ1) is 9.20. The molecule has 0 aliphatic heterocycles. The van der Waals surface area contributed by atoms with Crippen molar-refractivity contribution in [2.75, 3.05) is 20.1 Å². The number of hydrogen-bond acceptors (Lipinski definition) is 2. The zero-order valence-corrected chi connectivity index (χ0v) is 11.9. The molecule has 0 aromatic heterocycles. The first kappa shape index (κ1) is 16.9. The Morgan fingerprint density at radius 2 is 1.85 bits per heavy atom. The molecule has 0 aliphatic carbocycles. The number of hydrogen-bond donors (Lipinski definition) is 1. The summed E-state index contributed by atoms with van der Waals surface area (Å²) in [6.45, 7) is 5.74. The largest absolute Gasteiger partial charge is 0.416 e. The quantitative estimate of drug-likeness (QED) is 0.639. The van der Waals surface area contributed by atoms with Crippen molar-refractivity contribution in [1.82, 2.24) is 10.2 Å². The van der Waals surface area contributed by atoms with E-state index in [2.05, 4.69) is 24.1 Å².